The van der Waals surface area contributed by atoms with Gasteiger partial charge in [0.2, 0.25) is 0 Å². The Bertz CT molecular complexity index is 1330. The molecule has 0 aromatic carbocycles. The van der Waals surface area contributed by atoms with Crippen LogP contribution < -0.4 is 0 Å². The highest BCUT2D eigenvalue weighted by Crippen LogP contribution is 2.37. The largest absolute Gasteiger partial charge is 0.641 e. The lowest BCUT2D eigenvalue weighted by Crippen LogP contribution is -2.69. The van der Waals surface area contributed by atoms with Gasteiger partial charge in [-0.15, -0.1) is 0 Å². The molecule has 0 spiro atoms. The Hall–Kier alpha value is -0.915. The molecule has 0 fully saturated rings. The minimum Gasteiger partial charge on any atom is -0.462 e. The van der Waals surface area contributed by atoms with E-state index in [0.717, 1.165) is 0 Å². The van der Waals surface area contributed by atoms with E-state index in [2.05, 4.69) is 78.7 Å². The summed E-state index contributed by atoms with van der Waals surface area (Å²) in [6.07, 6.45) is 2.61. The van der Waals surface area contributed by atoms with Gasteiger partial charge in [0.25, 0.3) is 0 Å². The van der Waals surface area contributed by atoms with Crippen LogP contribution in [-0.4, -0.2) is 106 Å². The fourth-order valence-corrected chi connectivity index (χ4v) is 29.0. The molecule has 0 rings (SSSR count). The molecular formula is C36H78O13Si8. The molecule has 0 radical (unpaired) electrons. The third kappa shape index (κ3) is 26.1. The lowest BCUT2D eigenvalue weighted by Gasteiger charge is -2.47. The molecule has 0 aliphatic carbocycles. The van der Waals surface area contributed by atoms with Crippen LogP contribution in [0.25, 0.3) is 0 Å². The van der Waals surface area contributed by atoms with Crippen molar-refractivity contribution in [2.24, 2.45) is 0 Å². The lowest BCUT2D eigenvalue weighted by atomic mass is 10.0. The number of rotatable bonds is 29. The van der Waals surface area contributed by atoms with Gasteiger partial charge in [-0.1, -0.05) is 19.7 Å². The van der Waals surface area contributed by atoms with Gasteiger partial charge >= 0.3 is 45.8 Å². The normalized spacial score (nSPS) is 14.8. The average molecular weight is 944 g/mol. The van der Waals surface area contributed by atoms with Crippen LogP contribution in [0.1, 0.15) is 59.3 Å². The van der Waals surface area contributed by atoms with E-state index in [9.17, 15) is 14.4 Å². The van der Waals surface area contributed by atoms with Crippen LogP contribution in [0.5, 0.6) is 0 Å². The van der Waals surface area contributed by atoms with Crippen LogP contribution in [-0.2, 0) is 57.4 Å². The van der Waals surface area contributed by atoms with Crippen molar-refractivity contribution >= 4 is 87.4 Å². The summed E-state index contributed by atoms with van der Waals surface area (Å²) in [4.78, 5) is 38.3. The zero-order valence-corrected chi connectivity index (χ0v) is 47.0. The fraction of sp³-hybridized carbons (Fsp3) is 0.750. The molecule has 57 heavy (non-hydrogen) atoms. The zero-order valence-electron chi connectivity index (χ0n) is 38.7. The minimum atomic E-state index is -4.28. The van der Waals surface area contributed by atoms with E-state index in [0.29, 0.717) is 37.7 Å². The SMILES string of the molecule is C=C(C)C(=O)OCCCCCC(CCCOC(=O)C(=C)C)(OC(=O)C(=C)C)[SiH](O[Si](C)(C)C)O[Si](O[SiH](O[Si](C)(C)C)O[Si](C)(C)C)(O[Si](C)(C)C)O[Si](C)(C)C. The van der Waals surface area contributed by atoms with Crippen molar-refractivity contribution in [2.75, 3.05) is 13.2 Å². The van der Waals surface area contributed by atoms with Crippen molar-refractivity contribution in [3.63, 3.8) is 0 Å². The molecule has 13 nitrogen and oxygen atoms in total. The topological polar surface area (TPSA) is 144 Å². The molecule has 21 heteroatoms. The first-order chi connectivity index (χ1) is 25.5. The van der Waals surface area contributed by atoms with Crippen LogP contribution in [0.2, 0.25) is 98.2 Å². The molecule has 332 valence electrons. The molecule has 0 amide bonds. The Kier molecular flexibility index (Phi) is 23.0. The van der Waals surface area contributed by atoms with Crippen molar-refractivity contribution in [3.05, 3.63) is 36.5 Å². The van der Waals surface area contributed by atoms with Crippen molar-refractivity contribution < 1.29 is 57.4 Å². The van der Waals surface area contributed by atoms with E-state index in [1.165, 1.54) is 0 Å². The molecule has 0 aliphatic heterocycles. The van der Waals surface area contributed by atoms with Gasteiger partial charge in [0, 0.05) is 16.7 Å². The Morgan fingerprint density at radius 2 is 0.860 bits per heavy atom. The predicted molar refractivity (Wildman–Crippen MR) is 247 cm³/mol. The first kappa shape index (κ1) is 56.1. The summed E-state index contributed by atoms with van der Waals surface area (Å²) in [5.41, 5.74) is 0.811. The van der Waals surface area contributed by atoms with E-state index < -0.39 is 92.6 Å². The maximum atomic E-state index is 13.8. The summed E-state index contributed by atoms with van der Waals surface area (Å²) in [5.74, 6) is -1.57. The Labute approximate surface area is 355 Å². The van der Waals surface area contributed by atoms with Crippen LogP contribution in [0, 0.1) is 0 Å². The number of esters is 3. The molecule has 0 saturated carbocycles. The van der Waals surface area contributed by atoms with Crippen molar-refractivity contribution in [1.29, 1.82) is 0 Å². The van der Waals surface area contributed by atoms with E-state index in [1.54, 1.807) is 20.8 Å². The standard InChI is InChI=1S/C36H78O13Si8/c1-30(2)33(37)40-28-24-22-23-26-36(42-35(39)32(5)6,27-25-29-41-34(38)31(3)4)50(43-52(7,8)9)44-57(48-55(16,17)18,49-56(19,20)21)47-51(45-53(10,11)12)46-54(13,14)15/h50-51H,1,3,5,22-29H2,2,4,6-21H3. The zero-order chi connectivity index (χ0) is 44.8. The Morgan fingerprint density at radius 3 is 1.23 bits per heavy atom. The highest BCUT2D eigenvalue weighted by atomic mass is 28.6. The summed E-state index contributed by atoms with van der Waals surface area (Å²) in [6.45, 7) is 47.2. The first-order valence-electron chi connectivity index (χ1n) is 19.8. The van der Waals surface area contributed by atoms with Gasteiger partial charge in [0.05, 0.1) is 13.2 Å². The van der Waals surface area contributed by atoms with Crippen molar-refractivity contribution in [1.82, 2.24) is 0 Å². The molecule has 0 aromatic rings. The number of carbonyl (C=O) groups is 3. The fourth-order valence-electron chi connectivity index (χ4n) is 4.79. The average Bonchev–Trinajstić information content (AvgIpc) is 2.95. The molecule has 2 unspecified atom stereocenters. The maximum absolute atomic E-state index is 13.8. The maximum Gasteiger partial charge on any atom is 0.641 e. The summed E-state index contributed by atoms with van der Waals surface area (Å²) >= 11 is 0. The highest BCUT2D eigenvalue weighted by molar-refractivity contribution is 6.89. The van der Waals surface area contributed by atoms with Crippen LogP contribution in [0.15, 0.2) is 36.5 Å². The number of unbranched alkanes of at least 4 members (excludes halogenated alkanes) is 2. The Morgan fingerprint density at radius 1 is 0.474 bits per heavy atom. The second-order valence-corrected chi connectivity index (χ2v) is 50.2. The summed E-state index contributed by atoms with van der Waals surface area (Å²) < 4.78 is 66.6. The molecular weight excluding hydrogens is 865 g/mol. The number of hydrogen-bond acceptors (Lipinski definition) is 13. The predicted octanol–water partition coefficient (Wildman–Crippen LogP) is 8.63. The van der Waals surface area contributed by atoms with Gasteiger partial charge in [0.1, 0.15) is 0 Å². The molecule has 0 aromatic heterocycles. The number of hydrogen-bond donors (Lipinski definition) is 0. The molecule has 0 bridgehead atoms. The minimum absolute atomic E-state index is 0.0436. The van der Waals surface area contributed by atoms with Crippen molar-refractivity contribution in [2.45, 2.75) is 163 Å². The van der Waals surface area contributed by atoms with Crippen molar-refractivity contribution in [3.8, 4) is 0 Å². The molecule has 0 N–H and O–H groups in total. The number of carbonyl (C=O) groups excluding carboxylic acids is 3. The van der Waals surface area contributed by atoms with Crippen LogP contribution in [0.3, 0.4) is 0 Å². The van der Waals surface area contributed by atoms with Crippen LogP contribution >= 0.6 is 0 Å². The summed E-state index contributed by atoms with van der Waals surface area (Å²) in [5, 5.41) is -1.34. The van der Waals surface area contributed by atoms with Gasteiger partial charge < -0.3 is 43.0 Å². The third-order valence-corrected chi connectivity index (χ3v) is 30.2. The number of ether oxygens (including phenoxy) is 3. The third-order valence-electron chi connectivity index (χ3n) is 6.94. The second kappa shape index (κ2) is 23.3. The summed E-state index contributed by atoms with van der Waals surface area (Å²) in [7, 11) is -22.7. The molecule has 0 heterocycles. The van der Waals surface area contributed by atoms with Gasteiger partial charge in [-0.05, 0) is 158 Å². The van der Waals surface area contributed by atoms with Gasteiger partial charge in [0.15, 0.2) is 46.8 Å². The second-order valence-electron chi connectivity index (χ2n) is 19.5. The molecule has 0 saturated heterocycles. The van der Waals surface area contributed by atoms with E-state index in [-0.39, 0.29) is 30.8 Å². The Balaban J connectivity index is 7.85. The lowest BCUT2D eigenvalue weighted by molar-refractivity contribution is -0.152. The van der Waals surface area contributed by atoms with Gasteiger partial charge in [-0.2, -0.15) is 0 Å². The van der Waals surface area contributed by atoms with E-state index in [1.807, 2.05) is 39.3 Å². The molecule has 2 atom stereocenters. The van der Waals surface area contributed by atoms with Crippen LogP contribution in [0.4, 0.5) is 0 Å². The van der Waals surface area contributed by atoms with Gasteiger partial charge in [-0.3, -0.25) is 0 Å². The highest BCUT2D eigenvalue weighted by Gasteiger charge is 2.61. The quantitative estimate of drug-likeness (QED) is 0.0232. The summed E-state index contributed by atoms with van der Waals surface area (Å²) in [6, 6.07) is 0. The van der Waals surface area contributed by atoms with E-state index in [4.69, 9.17) is 43.0 Å². The first-order valence-corrected chi connectivity index (χ1v) is 41.4. The molecule has 0 aliphatic rings. The van der Waals surface area contributed by atoms with E-state index >= 15 is 0 Å². The van der Waals surface area contributed by atoms with Gasteiger partial charge in [-0.25, -0.2) is 14.4 Å². The monoisotopic (exact) mass is 942 g/mol. The smallest absolute Gasteiger partial charge is 0.462 e.